The van der Waals surface area contributed by atoms with Crippen molar-refractivity contribution >= 4 is 11.8 Å². The summed E-state index contributed by atoms with van der Waals surface area (Å²) in [6, 6.07) is 3.81. The van der Waals surface area contributed by atoms with Gasteiger partial charge in [-0.2, -0.15) is 0 Å². The summed E-state index contributed by atoms with van der Waals surface area (Å²) in [5, 5.41) is 0. The standard InChI is InChI=1S/C13H18N2O2/c1-3-17-13(16)11-5-4-8-15(11)12-9-10(2)6-7-14-12/h6-7,9,11H,3-5,8H2,1-2H3. The van der Waals surface area contributed by atoms with Gasteiger partial charge in [-0.3, -0.25) is 0 Å². The third-order valence-corrected chi connectivity index (χ3v) is 3.01. The fourth-order valence-corrected chi connectivity index (χ4v) is 2.20. The lowest BCUT2D eigenvalue weighted by atomic mass is 10.2. The molecule has 4 heteroatoms. The Kier molecular flexibility index (Phi) is 3.61. The van der Waals surface area contributed by atoms with Gasteiger partial charge in [0.15, 0.2) is 0 Å². The van der Waals surface area contributed by atoms with E-state index in [1.54, 1.807) is 6.20 Å². The van der Waals surface area contributed by atoms with Crippen molar-refractivity contribution in [3.8, 4) is 0 Å². The van der Waals surface area contributed by atoms with E-state index in [0.29, 0.717) is 6.61 Å². The number of carbonyl (C=O) groups excluding carboxylic acids is 1. The van der Waals surface area contributed by atoms with E-state index in [1.807, 2.05) is 30.9 Å². The molecule has 1 atom stereocenters. The number of ether oxygens (including phenoxy) is 1. The molecule has 0 N–H and O–H groups in total. The minimum Gasteiger partial charge on any atom is -0.464 e. The van der Waals surface area contributed by atoms with Crippen LogP contribution in [0.15, 0.2) is 18.3 Å². The zero-order valence-electron chi connectivity index (χ0n) is 10.3. The van der Waals surface area contributed by atoms with Crippen LogP contribution in [0.1, 0.15) is 25.3 Å². The van der Waals surface area contributed by atoms with Gasteiger partial charge in [0.05, 0.1) is 6.61 Å². The van der Waals surface area contributed by atoms with Crippen molar-refractivity contribution in [3.05, 3.63) is 23.9 Å². The molecule has 92 valence electrons. The molecule has 1 aliphatic rings. The van der Waals surface area contributed by atoms with Gasteiger partial charge < -0.3 is 9.64 Å². The average Bonchev–Trinajstić information content (AvgIpc) is 2.78. The van der Waals surface area contributed by atoms with Crippen LogP contribution in [0.5, 0.6) is 0 Å². The normalized spacial score (nSPS) is 19.4. The predicted octanol–water partition coefficient (Wildman–Crippen LogP) is 1.92. The Morgan fingerprint density at radius 3 is 3.18 bits per heavy atom. The molecule has 4 nitrogen and oxygen atoms in total. The smallest absolute Gasteiger partial charge is 0.328 e. The van der Waals surface area contributed by atoms with Crippen LogP contribution in [0, 0.1) is 6.92 Å². The summed E-state index contributed by atoms with van der Waals surface area (Å²) in [7, 11) is 0. The number of aromatic nitrogens is 1. The van der Waals surface area contributed by atoms with Crippen molar-refractivity contribution in [3.63, 3.8) is 0 Å². The molecule has 1 unspecified atom stereocenters. The predicted molar refractivity (Wildman–Crippen MR) is 66.0 cm³/mol. The van der Waals surface area contributed by atoms with Crippen LogP contribution < -0.4 is 4.90 Å². The average molecular weight is 234 g/mol. The molecule has 17 heavy (non-hydrogen) atoms. The van der Waals surface area contributed by atoms with Gasteiger partial charge in [-0.05, 0) is 44.4 Å². The van der Waals surface area contributed by atoms with E-state index >= 15 is 0 Å². The van der Waals surface area contributed by atoms with Crippen LogP contribution in [0.25, 0.3) is 0 Å². The molecule has 1 aliphatic heterocycles. The van der Waals surface area contributed by atoms with Gasteiger partial charge in [0, 0.05) is 12.7 Å². The fraction of sp³-hybridized carbons (Fsp3) is 0.538. The van der Waals surface area contributed by atoms with Gasteiger partial charge in [-0.25, -0.2) is 9.78 Å². The van der Waals surface area contributed by atoms with Crippen LogP contribution in [0.4, 0.5) is 5.82 Å². The molecule has 1 aromatic heterocycles. The first-order chi connectivity index (χ1) is 8.22. The number of esters is 1. The van der Waals surface area contributed by atoms with E-state index in [-0.39, 0.29) is 12.0 Å². The Balaban J connectivity index is 2.17. The van der Waals surface area contributed by atoms with Crippen LogP contribution in [-0.2, 0) is 9.53 Å². The molecule has 0 saturated carbocycles. The van der Waals surface area contributed by atoms with E-state index in [9.17, 15) is 4.79 Å². The molecule has 2 heterocycles. The van der Waals surface area contributed by atoms with Gasteiger partial charge in [-0.15, -0.1) is 0 Å². The zero-order chi connectivity index (χ0) is 12.3. The van der Waals surface area contributed by atoms with Crippen molar-refractivity contribution in [2.75, 3.05) is 18.1 Å². The Hall–Kier alpha value is -1.58. The van der Waals surface area contributed by atoms with Crippen molar-refractivity contribution in [1.82, 2.24) is 4.98 Å². The second kappa shape index (κ2) is 5.17. The van der Waals surface area contributed by atoms with Crippen molar-refractivity contribution < 1.29 is 9.53 Å². The zero-order valence-corrected chi connectivity index (χ0v) is 10.3. The molecular weight excluding hydrogens is 216 g/mol. The Morgan fingerprint density at radius 1 is 1.65 bits per heavy atom. The van der Waals surface area contributed by atoms with E-state index in [1.165, 1.54) is 0 Å². The lowest BCUT2D eigenvalue weighted by Crippen LogP contribution is -2.37. The molecule has 0 spiro atoms. The number of hydrogen-bond acceptors (Lipinski definition) is 4. The highest BCUT2D eigenvalue weighted by atomic mass is 16.5. The maximum absolute atomic E-state index is 11.8. The first kappa shape index (κ1) is 11.9. The lowest BCUT2D eigenvalue weighted by Gasteiger charge is -2.24. The number of nitrogens with zero attached hydrogens (tertiary/aromatic N) is 2. The first-order valence-electron chi connectivity index (χ1n) is 6.08. The first-order valence-corrected chi connectivity index (χ1v) is 6.08. The topological polar surface area (TPSA) is 42.4 Å². The van der Waals surface area contributed by atoms with Gasteiger partial charge in [0.25, 0.3) is 0 Å². The van der Waals surface area contributed by atoms with Crippen LogP contribution in [0.3, 0.4) is 0 Å². The van der Waals surface area contributed by atoms with E-state index in [2.05, 4.69) is 4.98 Å². The summed E-state index contributed by atoms with van der Waals surface area (Å²) in [6.45, 7) is 5.17. The Labute approximate surface area is 102 Å². The molecule has 0 radical (unpaired) electrons. The molecule has 1 fully saturated rings. The molecule has 2 rings (SSSR count). The van der Waals surface area contributed by atoms with Gasteiger partial charge in [-0.1, -0.05) is 0 Å². The SMILES string of the molecule is CCOC(=O)C1CCCN1c1cc(C)ccn1. The summed E-state index contributed by atoms with van der Waals surface area (Å²) in [6.07, 6.45) is 3.65. The molecule has 0 aliphatic carbocycles. The Bertz CT molecular complexity index is 406. The summed E-state index contributed by atoms with van der Waals surface area (Å²) in [4.78, 5) is 18.2. The second-order valence-electron chi connectivity index (χ2n) is 4.29. The maximum Gasteiger partial charge on any atom is 0.328 e. The summed E-state index contributed by atoms with van der Waals surface area (Å²) >= 11 is 0. The van der Waals surface area contributed by atoms with Crippen molar-refractivity contribution in [2.45, 2.75) is 32.7 Å². The number of pyridine rings is 1. The second-order valence-corrected chi connectivity index (χ2v) is 4.29. The highest BCUT2D eigenvalue weighted by Gasteiger charge is 2.32. The molecule has 0 aromatic carbocycles. The van der Waals surface area contributed by atoms with E-state index in [4.69, 9.17) is 4.74 Å². The van der Waals surface area contributed by atoms with Crippen molar-refractivity contribution in [2.24, 2.45) is 0 Å². The number of aryl methyl sites for hydroxylation is 1. The molecular formula is C13H18N2O2. The Morgan fingerprint density at radius 2 is 2.47 bits per heavy atom. The summed E-state index contributed by atoms with van der Waals surface area (Å²) < 4.78 is 5.10. The highest BCUT2D eigenvalue weighted by Crippen LogP contribution is 2.25. The number of anilines is 1. The monoisotopic (exact) mass is 234 g/mol. The van der Waals surface area contributed by atoms with Crippen LogP contribution in [-0.4, -0.2) is 30.1 Å². The van der Waals surface area contributed by atoms with Gasteiger partial charge in [0.1, 0.15) is 11.9 Å². The fourth-order valence-electron chi connectivity index (χ4n) is 2.20. The molecule has 1 saturated heterocycles. The third kappa shape index (κ3) is 2.57. The van der Waals surface area contributed by atoms with Crippen molar-refractivity contribution in [1.29, 1.82) is 0 Å². The largest absolute Gasteiger partial charge is 0.464 e. The summed E-state index contributed by atoms with van der Waals surface area (Å²) in [5.74, 6) is 0.744. The number of carbonyl (C=O) groups is 1. The van der Waals surface area contributed by atoms with Crippen LogP contribution >= 0.6 is 0 Å². The highest BCUT2D eigenvalue weighted by molar-refractivity contribution is 5.80. The quantitative estimate of drug-likeness (QED) is 0.749. The number of hydrogen-bond donors (Lipinski definition) is 0. The number of rotatable bonds is 3. The summed E-state index contributed by atoms with van der Waals surface area (Å²) in [5.41, 5.74) is 1.16. The minimum absolute atomic E-state index is 0.131. The molecule has 0 bridgehead atoms. The lowest BCUT2D eigenvalue weighted by molar-refractivity contribution is -0.144. The van der Waals surface area contributed by atoms with E-state index in [0.717, 1.165) is 30.8 Å². The van der Waals surface area contributed by atoms with Gasteiger partial charge >= 0.3 is 5.97 Å². The maximum atomic E-state index is 11.8. The van der Waals surface area contributed by atoms with E-state index < -0.39 is 0 Å². The molecule has 1 aromatic rings. The van der Waals surface area contributed by atoms with Crippen LogP contribution in [0.2, 0.25) is 0 Å². The molecule has 0 amide bonds. The van der Waals surface area contributed by atoms with Gasteiger partial charge in [0.2, 0.25) is 0 Å². The third-order valence-electron chi connectivity index (χ3n) is 3.01. The minimum atomic E-state index is -0.163.